The van der Waals surface area contributed by atoms with Crippen molar-refractivity contribution >= 4 is 41.2 Å². The second-order valence-electron chi connectivity index (χ2n) is 9.81. The molecule has 0 bridgehead atoms. The lowest BCUT2D eigenvalue weighted by Crippen LogP contribution is -2.29. The predicted octanol–water partition coefficient (Wildman–Crippen LogP) is 3.80. The highest BCUT2D eigenvalue weighted by Crippen LogP contribution is 2.35. The van der Waals surface area contributed by atoms with Crippen LogP contribution in [0.5, 0.6) is 0 Å². The van der Waals surface area contributed by atoms with E-state index in [1.165, 1.54) is 24.3 Å². The number of ether oxygens (including phenoxy) is 1. The number of rotatable bonds is 9. The molecule has 0 saturated heterocycles. The van der Waals surface area contributed by atoms with Gasteiger partial charge in [0.15, 0.2) is 17.2 Å². The average molecular weight is 641 g/mol. The Hall–Kier alpha value is -5.21. The van der Waals surface area contributed by atoms with Gasteiger partial charge in [-0.15, -0.1) is 0 Å². The molecule has 234 valence electrons. The van der Waals surface area contributed by atoms with Gasteiger partial charge in [0.1, 0.15) is 18.1 Å². The number of aromatic nitrogens is 3. The summed E-state index contributed by atoms with van der Waals surface area (Å²) in [6.45, 7) is 5.81. The van der Waals surface area contributed by atoms with Crippen molar-refractivity contribution < 1.29 is 37.8 Å². The SMILES string of the molecule is C=CCOC(=O)c1ccc2c(c1C)CC[C@@H]2NC(=O)c1cc(C(=O)O)nc2c(F)cnn12.NC(=O)c1cc(CNCl)ccc1F. The number of primary amides is 1. The van der Waals surface area contributed by atoms with Gasteiger partial charge in [-0.3, -0.25) is 9.59 Å². The molecule has 12 nitrogen and oxygen atoms in total. The van der Waals surface area contributed by atoms with Crippen molar-refractivity contribution in [2.75, 3.05) is 6.61 Å². The number of hydrogen-bond donors (Lipinski definition) is 4. The van der Waals surface area contributed by atoms with Crippen molar-refractivity contribution in [1.82, 2.24) is 24.8 Å². The minimum Gasteiger partial charge on any atom is -0.477 e. The van der Waals surface area contributed by atoms with Crippen LogP contribution in [0.3, 0.4) is 0 Å². The molecule has 0 saturated carbocycles. The first-order valence-corrected chi connectivity index (χ1v) is 13.7. The van der Waals surface area contributed by atoms with Gasteiger partial charge in [-0.05, 0) is 72.0 Å². The lowest BCUT2D eigenvalue weighted by atomic mass is 9.98. The zero-order chi connectivity index (χ0) is 32.8. The summed E-state index contributed by atoms with van der Waals surface area (Å²) in [7, 11) is 0. The van der Waals surface area contributed by atoms with Crippen molar-refractivity contribution in [2.45, 2.75) is 32.4 Å². The molecule has 15 heteroatoms. The van der Waals surface area contributed by atoms with Gasteiger partial charge >= 0.3 is 11.9 Å². The largest absolute Gasteiger partial charge is 0.477 e. The number of hydrogen-bond acceptors (Lipinski definition) is 8. The first-order valence-electron chi connectivity index (χ1n) is 13.4. The van der Waals surface area contributed by atoms with E-state index < -0.39 is 41.1 Å². The number of amides is 2. The van der Waals surface area contributed by atoms with Crippen LogP contribution in [0.1, 0.15) is 76.4 Å². The number of carboxylic acids is 1. The fourth-order valence-electron chi connectivity index (χ4n) is 4.85. The van der Waals surface area contributed by atoms with Crippen LogP contribution in [0.2, 0.25) is 0 Å². The highest BCUT2D eigenvalue weighted by molar-refractivity contribution is 6.13. The molecule has 2 aromatic carbocycles. The molecule has 5 N–H and O–H groups in total. The molecule has 0 fully saturated rings. The van der Waals surface area contributed by atoms with Crippen molar-refractivity contribution in [3.63, 3.8) is 0 Å². The Labute approximate surface area is 260 Å². The maximum atomic E-state index is 13.9. The molecule has 0 radical (unpaired) electrons. The van der Waals surface area contributed by atoms with Crippen LogP contribution in [-0.4, -0.2) is 50.1 Å². The first-order chi connectivity index (χ1) is 21.5. The van der Waals surface area contributed by atoms with Gasteiger partial charge in [-0.2, -0.15) is 5.10 Å². The molecular weight excluding hydrogens is 614 g/mol. The second kappa shape index (κ2) is 14.1. The lowest BCUT2D eigenvalue weighted by molar-refractivity contribution is 0.0547. The van der Waals surface area contributed by atoms with E-state index in [0.717, 1.165) is 33.5 Å². The van der Waals surface area contributed by atoms with E-state index in [4.69, 9.17) is 22.2 Å². The Morgan fingerprint density at radius 2 is 1.93 bits per heavy atom. The molecule has 1 aliphatic rings. The molecule has 5 rings (SSSR count). The molecule has 0 spiro atoms. The number of carbonyl (C=O) groups excluding carboxylic acids is 3. The van der Waals surface area contributed by atoms with Crippen molar-refractivity contribution in [1.29, 1.82) is 0 Å². The number of nitrogens with one attached hydrogen (secondary N) is 2. The summed E-state index contributed by atoms with van der Waals surface area (Å²) < 4.78 is 32.9. The molecule has 45 heavy (non-hydrogen) atoms. The summed E-state index contributed by atoms with van der Waals surface area (Å²) in [5.74, 6) is -4.69. The summed E-state index contributed by atoms with van der Waals surface area (Å²) in [6.07, 6.45) is 3.58. The van der Waals surface area contributed by atoms with Crippen LogP contribution in [0.25, 0.3) is 5.65 Å². The fourth-order valence-corrected chi connectivity index (χ4v) is 5.01. The second-order valence-corrected chi connectivity index (χ2v) is 10.1. The summed E-state index contributed by atoms with van der Waals surface area (Å²) in [5.41, 5.74) is 7.59. The fraction of sp³-hybridized carbons (Fsp3) is 0.200. The van der Waals surface area contributed by atoms with Gasteiger partial charge < -0.3 is 20.9 Å². The van der Waals surface area contributed by atoms with Crippen LogP contribution in [0.4, 0.5) is 8.78 Å². The van der Waals surface area contributed by atoms with Gasteiger partial charge in [0.2, 0.25) is 0 Å². The van der Waals surface area contributed by atoms with Crippen molar-refractivity contribution in [3.05, 3.63) is 112 Å². The zero-order valence-electron chi connectivity index (χ0n) is 23.8. The number of carbonyl (C=O) groups is 4. The zero-order valence-corrected chi connectivity index (χ0v) is 24.5. The third kappa shape index (κ3) is 7.13. The van der Waals surface area contributed by atoms with Crippen LogP contribution < -0.4 is 15.9 Å². The molecule has 1 atom stereocenters. The number of nitrogens with two attached hydrogens (primary N) is 1. The van der Waals surface area contributed by atoms with E-state index in [1.54, 1.807) is 12.1 Å². The van der Waals surface area contributed by atoms with Gasteiger partial charge in [-0.1, -0.05) is 24.8 Å². The van der Waals surface area contributed by atoms with E-state index in [1.807, 2.05) is 6.92 Å². The monoisotopic (exact) mass is 640 g/mol. The number of aromatic carboxylic acids is 1. The maximum absolute atomic E-state index is 13.9. The van der Waals surface area contributed by atoms with Gasteiger partial charge in [0.05, 0.1) is 23.4 Å². The summed E-state index contributed by atoms with van der Waals surface area (Å²) in [5, 5.41) is 15.9. The molecule has 0 aliphatic heterocycles. The number of carboxylic acid groups (broad SMARTS) is 1. The summed E-state index contributed by atoms with van der Waals surface area (Å²) in [6, 6.07) is 8.18. The van der Waals surface area contributed by atoms with Crippen LogP contribution in [0.15, 0.2) is 55.3 Å². The first kappa shape index (κ1) is 32.7. The maximum Gasteiger partial charge on any atom is 0.354 e. The highest BCUT2D eigenvalue weighted by atomic mass is 35.5. The van der Waals surface area contributed by atoms with E-state index in [0.29, 0.717) is 30.5 Å². The highest BCUT2D eigenvalue weighted by Gasteiger charge is 2.29. The number of esters is 1. The van der Waals surface area contributed by atoms with Crippen LogP contribution in [-0.2, 0) is 17.7 Å². The third-order valence-corrected chi connectivity index (χ3v) is 7.13. The van der Waals surface area contributed by atoms with Crippen LogP contribution >= 0.6 is 11.8 Å². The Morgan fingerprint density at radius 1 is 1.18 bits per heavy atom. The number of fused-ring (bicyclic) bond motifs is 2. The van der Waals surface area contributed by atoms with E-state index in [-0.39, 0.29) is 29.6 Å². The molecule has 2 amide bonds. The predicted molar refractivity (Wildman–Crippen MR) is 158 cm³/mol. The topological polar surface area (TPSA) is 178 Å². The smallest absolute Gasteiger partial charge is 0.354 e. The standard InChI is InChI=1S/C22H19FN4O5.C8H8ClFN2O/c1-3-8-32-22(31)13-4-5-14-12(11(13)2)6-7-16(14)26-20(28)18-9-17(21(29)30)25-19-15(23)10-24-27(18)19;9-12-4-5-1-2-7(10)6(3-5)8(11)13/h3-5,9-10,16H,1,6-8H2,2H3,(H,26,28)(H,29,30);1-3,12H,4H2,(H2,11,13)/t16-;/m0./s1. The minimum absolute atomic E-state index is 0.112. The summed E-state index contributed by atoms with van der Waals surface area (Å²) in [4.78, 5) is 53.4. The molecular formula is C30H27ClF2N6O6. The number of benzene rings is 2. The molecule has 1 aliphatic carbocycles. The third-order valence-electron chi connectivity index (χ3n) is 7.00. The van der Waals surface area contributed by atoms with E-state index >= 15 is 0 Å². The quantitative estimate of drug-likeness (QED) is 0.120. The van der Waals surface area contributed by atoms with Crippen molar-refractivity contribution in [3.8, 4) is 0 Å². The van der Waals surface area contributed by atoms with E-state index in [2.05, 4.69) is 26.8 Å². The average Bonchev–Trinajstić information content (AvgIpc) is 3.60. The van der Waals surface area contributed by atoms with Gasteiger partial charge in [-0.25, -0.2) is 32.7 Å². The summed E-state index contributed by atoms with van der Waals surface area (Å²) >= 11 is 5.25. The van der Waals surface area contributed by atoms with Gasteiger partial charge in [0.25, 0.3) is 11.8 Å². The van der Waals surface area contributed by atoms with Crippen molar-refractivity contribution in [2.24, 2.45) is 5.73 Å². The lowest BCUT2D eigenvalue weighted by Gasteiger charge is -2.16. The van der Waals surface area contributed by atoms with Gasteiger partial charge in [0, 0.05) is 12.6 Å². The Bertz CT molecular complexity index is 1830. The number of nitrogens with zero attached hydrogens (tertiary/aromatic N) is 3. The molecule has 2 aromatic heterocycles. The molecule has 2 heterocycles. The Kier molecular flexibility index (Phi) is 10.2. The Morgan fingerprint density at radius 3 is 2.60 bits per heavy atom. The molecule has 0 unspecified atom stereocenters. The number of halogens is 3. The van der Waals surface area contributed by atoms with Crippen LogP contribution in [0, 0.1) is 18.6 Å². The van der Waals surface area contributed by atoms with E-state index in [9.17, 15) is 33.1 Å². The molecule has 4 aromatic rings. The normalized spacial score (nSPS) is 13.4. The Balaban J connectivity index is 0.000000297. The minimum atomic E-state index is -1.39.